The van der Waals surface area contributed by atoms with Crippen molar-refractivity contribution in [2.45, 2.75) is 0 Å². The fraction of sp³-hybridized carbons (Fsp3) is 0. The molecule has 0 amide bonds. The van der Waals surface area contributed by atoms with E-state index in [-0.39, 0.29) is 40.0 Å². The normalized spacial score (nSPS) is 10.3. The van der Waals surface area contributed by atoms with Crippen LogP contribution < -0.4 is 17.0 Å². The van der Waals surface area contributed by atoms with Crippen LogP contribution in [0.2, 0.25) is 0 Å². The molecule has 0 saturated carbocycles. The number of halogens is 1. The summed E-state index contributed by atoms with van der Waals surface area (Å²) in [6, 6.07) is 39.8. The van der Waals surface area contributed by atoms with E-state index in [4.69, 9.17) is 0 Å². The summed E-state index contributed by atoms with van der Waals surface area (Å²) < 4.78 is 0. The van der Waals surface area contributed by atoms with E-state index in [1.807, 2.05) is 0 Å². The van der Waals surface area contributed by atoms with Crippen LogP contribution in [0.25, 0.3) is 43.8 Å². The average Bonchev–Trinajstić information content (AvgIpc) is 2.73. The molecule has 0 aliphatic rings. The Balaban J connectivity index is 0.00000112. The molecular formula is C26H17BrMg. The minimum atomic E-state index is 0. The first-order valence-electron chi connectivity index (χ1n) is 8.88. The van der Waals surface area contributed by atoms with Crippen molar-refractivity contribution in [1.82, 2.24) is 0 Å². The summed E-state index contributed by atoms with van der Waals surface area (Å²) >= 11 is 0. The Morgan fingerprint density at radius 1 is 0.500 bits per heavy atom. The van der Waals surface area contributed by atoms with Gasteiger partial charge < -0.3 is 17.0 Å². The number of hydrogen-bond acceptors (Lipinski definition) is 0. The predicted octanol–water partition coefficient (Wildman–Crippen LogP) is 3.75. The molecule has 0 aromatic heterocycles. The van der Waals surface area contributed by atoms with Gasteiger partial charge in [-0.3, -0.25) is 0 Å². The molecule has 0 spiro atoms. The smallest absolute Gasteiger partial charge is 1.00 e. The molecule has 5 aromatic rings. The van der Waals surface area contributed by atoms with Crippen molar-refractivity contribution in [2.75, 3.05) is 0 Å². The van der Waals surface area contributed by atoms with E-state index in [0.717, 1.165) is 0 Å². The Morgan fingerprint density at radius 2 is 1.14 bits per heavy atom. The number of rotatable bonds is 2. The van der Waals surface area contributed by atoms with E-state index in [2.05, 4.69) is 109 Å². The van der Waals surface area contributed by atoms with Gasteiger partial charge in [-0.05, 0) is 21.9 Å². The first-order valence-corrected chi connectivity index (χ1v) is 8.88. The fourth-order valence-corrected chi connectivity index (χ4v) is 3.79. The van der Waals surface area contributed by atoms with Gasteiger partial charge in [-0.15, -0.1) is 22.4 Å². The number of hydrogen-bond donors (Lipinski definition) is 0. The predicted molar refractivity (Wildman–Crippen MR) is 117 cm³/mol. The van der Waals surface area contributed by atoms with Crippen LogP contribution in [-0.4, -0.2) is 23.1 Å². The van der Waals surface area contributed by atoms with Gasteiger partial charge in [0, 0.05) is 0 Å². The van der Waals surface area contributed by atoms with Crippen LogP contribution in [0.15, 0.2) is 103 Å². The second kappa shape index (κ2) is 8.91. The zero-order valence-corrected chi connectivity index (χ0v) is 18.4. The SMILES string of the molecule is [Br-].[Mg+2].[c-]1cc(-c2c(-c3ccccc3)ccc3ccccc23)c2ccccc2c1. The largest absolute Gasteiger partial charge is 2.00 e. The molecule has 0 fully saturated rings. The van der Waals surface area contributed by atoms with Gasteiger partial charge in [0.25, 0.3) is 0 Å². The van der Waals surface area contributed by atoms with Crippen molar-refractivity contribution in [2.24, 2.45) is 0 Å². The Kier molecular flexibility index (Phi) is 6.56. The summed E-state index contributed by atoms with van der Waals surface area (Å²) in [5.74, 6) is 0. The van der Waals surface area contributed by atoms with Crippen LogP contribution in [-0.2, 0) is 0 Å². The van der Waals surface area contributed by atoms with Gasteiger partial charge in [-0.25, -0.2) is 0 Å². The molecule has 0 atom stereocenters. The van der Waals surface area contributed by atoms with Crippen molar-refractivity contribution in [1.29, 1.82) is 0 Å². The minimum Gasteiger partial charge on any atom is -1.00 e. The molecule has 0 N–H and O–H groups in total. The zero-order chi connectivity index (χ0) is 17.3. The van der Waals surface area contributed by atoms with Crippen LogP contribution in [0.4, 0.5) is 0 Å². The van der Waals surface area contributed by atoms with Gasteiger partial charge in [-0.1, -0.05) is 90.5 Å². The third-order valence-corrected chi connectivity index (χ3v) is 5.00. The molecule has 0 heterocycles. The van der Waals surface area contributed by atoms with Crippen LogP contribution in [0.3, 0.4) is 0 Å². The number of fused-ring (bicyclic) bond motifs is 2. The Hall–Kier alpha value is -2.13. The summed E-state index contributed by atoms with van der Waals surface area (Å²) in [6.45, 7) is 0. The maximum atomic E-state index is 3.35. The van der Waals surface area contributed by atoms with Crippen molar-refractivity contribution in [3.8, 4) is 22.3 Å². The topological polar surface area (TPSA) is 0 Å². The van der Waals surface area contributed by atoms with Gasteiger partial charge >= 0.3 is 23.1 Å². The van der Waals surface area contributed by atoms with E-state index in [1.165, 1.54) is 43.8 Å². The molecule has 130 valence electrons. The van der Waals surface area contributed by atoms with Crippen LogP contribution in [0.5, 0.6) is 0 Å². The fourth-order valence-electron chi connectivity index (χ4n) is 3.79. The molecule has 0 aliphatic heterocycles. The first-order chi connectivity index (χ1) is 12.9. The Bertz CT molecular complexity index is 1220. The summed E-state index contributed by atoms with van der Waals surface area (Å²) in [4.78, 5) is 0. The molecule has 0 unspecified atom stereocenters. The van der Waals surface area contributed by atoms with E-state index < -0.39 is 0 Å². The van der Waals surface area contributed by atoms with Gasteiger partial charge in [-0.2, -0.15) is 18.2 Å². The van der Waals surface area contributed by atoms with Gasteiger partial charge in [0.2, 0.25) is 0 Å². The van der Waals surface area contributed by atoms with E-state index in [0.29, 0.717) is 0 Å². The molecule has 0 bridgehead atoms. The summed E-state index contributed by atoms with van der Waals surface area (Å²) in [7, 11) is 0. The van der Waals surface area contributed by atoms with Crippen molar-refractivity contribution in [3.63, 3.8) is 0 Å². The van der Waals surface area contributed by atoms with Crippen molar-refractivity contribution in [3.05, 3.63) is 109 Å². The molecule has 0 aliphatic carbocycles. The van der Waals surface area contributed by atoms with Gasteiger partial charge in [0.05, 0.1) is 0 Å². The maximum Gasteiger partial charge on any atom is 2.00 e. The maximum absolute atomic E-state index is 3.35. The third kappa shape index (κ3) is 3.60. The molecule has 0 saturated heterocycles. The second-order valence-corrected chi connectivity index (χ2v) is 6.53. The standard InChI is InChI=1S/C26H17.BrH.Mg/c1-2-9-20(10-3-1)24-18-17-21-12-5-7-15-23(21)26(24)25-16-8-13-19-11-4-6-14-22(19)25;;/h1-7,9-18H;1H;/q-1;;+2/p-1. The van der Waals surface area contributed by atoms with Crippen LogP contribution in [0.1, 0.15) is 0 Å². The quantitative estimate of drug-likeness (QED) is 0.294. The molecule has 0 nitrogen and oxygen atoms in total. The number of benzene rings is 5. The van der Waals surface area contributed by atoms with E-state index in [9.17, 15) is 0 Å². The monoisotopic (exact) mass is 432 g/mol. The summed E-state index contributed by atoms with van der Waals surface area (Å²) in [5, 5.41) is 5.02. The molecule has 28 heavy (non-hydrogen) atoms. The Labute approximate surface area is 192 Å². The minimum absolute atomic E-state index is 0. The molecule has 2 heteroatoms. The molecular weight excluding hydrogens is 416 g/mol. The van der Waals surface area contributed by atoms with Crippen molar-refractivity contribution < 1.29 is 17.0 Å². The van der Waals surface area contributed by atoms with E-state index in [1.54, 1.807) is 0 Å². The van der Waals surface area contributed by atoms with Gasteiger partial charge in [0.15, 0.2) is 0 Å². The zero-order valence-electron chi connectivity index (χ0n) is 15.4. The molecule has 5 aromatic carbocycles. The first kappa shape index (κ1) is 20.6. The van der Waals surface area contributed by atoms with E-state index >= 15 is 0 Å². The summed E-state index contributed by atoms with van der Waals surface area (Å²) in [5.41, 5.74) is 5.01. The molecule has 0 radical (unpaired) electrons. The molecule has 5 rings (SSSR count). The summed E-state index contributed by atoms with van der Waals surface area (Å²) in [6.07, 6.45) is 0. The van der Waals surface area contributed by atoms with Gasteiger partial charge in [0.1, 0.15) is 0 Å². The van der Waals surface area contributed by atoms with Crippen LogP contribution >= 0.6 is 0 Å². The third-order valence-electron chi connectivity index (χ3n) is 5.00. The second-order valence-electron chi connectivity index (χ2n) is 6.53. The average molecular weight is 434 g/mol. The van der Waals surface area contributed by atoms with Crippen molar-refractivity contribution >= 4 is 44.6 Å². The van der Waals surface area contributed by atoms with Crippen LogP contribution in [0, 0.1) is 6.07 Å². The Morgan fingerprint density at radius 3 is 1.93 bits per heavy atom.